The summed E-state index contributed by atoms with van der Waals surface area (Å²) < 4.78 is 5.35. The number of carbonyl (C=O) groups excluding carboxylic acids is 1. The van der Waals surface area contributed by atoms with Gasteiger partial charge in [0.25, 0.3) is 0 Å². The first-order valence-electron chi connectivity index (χ1n) is 6.64. The van der Waals surface area contributed by atoms with Crippen molar-refractivity contribution in [2.75, 3.05) is 12.4 Å². The summed E-state index contributed by atoms with van der Waals surface area (Å²) in [6.07, 6.45) is 3.18. The first kappa shape index (κ1) is 13.8. The van der Waals surface area contributed by atoms with Crippen LogP contribution in [0, 0.1) is 13.8 Å². The molecule has 0 saturated heterocycles. The first-order chi connectivity index (χ1) is 9.08. The number of aromatic nitrogens is 1. The molecule has 2 atom stereocenters. The van der Waals surface area contributed by atoms with E-state index in [-0.39, 0.29) is 18.2 Å². The highest BCUT2D eigenvalue weighted by atomic mass is 16.5. The summed E-state index contributed by atoms with van der Waals surface area (Å²) in [5.41, 5.74) is 1.98. The molecule has 5 heteroatoms. The van der Waals surface area contributed by atoms with Crippen molar-refractivity contribution >= 4 is 11.8 Å². The van der Waals surface area contributed by atoms with Crippen LogP contribution in [0.25, 0.3) is 0 Å². The number of urea groups is 1. The van der Waals surface area contributed by atoms with Crippen LogP contribution in [0.1, 0.15) is 30.5 Å². The van der Waals surface area contributed by atoms with Crippen LogP contribution in [-0.2, 0) is 4.74 Å². The zero-order valence-corrected chi connectivity index (χ0v) is 11.7. The molecule has 0 aromatic carbocycles. The Bertz CT molecular complexity index is 442. The number of carbonyl (C=O) groups is 1. The third-order valence-electron chi connectivity index (χ3n) is 3.41. The lowest BCUT2D eigenvalue weighted by Crippen LogP contribution is -2.43. The normalized spacial score (nSPS) is 22.3. The Morgan fingerprint density at radius 1 is 1.37 bits per heavy atom. The molecule has 1 aliphatic carbocycles. The largest absolute Gasteiger partial charge is 0.379 e. The number of ether oxygens (including phenoxy) is 1. The van der Waals surface area contributed by atoms with Crippen LogP contribution in [0.3, 0.4) is 0 Å². The maximum Gasteiger partial charge on any atom is 0.320 e. The molecule has 0 spiro atoms. The molecular weight excluding hydrogens is 242 g/mol. The van der Waals surface area contributed by atoms with Crippen LogP contribution >= 0.6 is 0 Å². The van der Waals surface area contributed by atoms with Crippen molar-refractivity contribution in [1.82, 2.24) is 10.3 Å². The van der Waals surface area contributed by atoms with Crippen LogP contribution in [0.2, 0.25) is 0 Å². The number of hydrogen-bond acceptors (Lipinski definition) is 3. The zero-order valence-electron chi connectivity index (χ0n) is 11.7. The molecule has 19 heavy (non-hydrogen) atoms. The van der Waals surface area contributed by atoms with Crippen LogP contribution < -0.4 is 10.6 Å². The lowest BCUT2D eigenvalue weighted by Gasteiger charge is -2.19. The van der Waals surface area contributed by atoms with Crippen molar-refractivity contribution in [3.05, 3.63) is 23.4 Å². The average Bonchev–Trinajstić information content (AvgIpc) is 2.74. The molecule has 2 rings (SSSR count). The summed E-state index contributed by atoms with van der Waals surface area (Å²) in [7, 11) is 1.69. The summed E-state index contributed by atoms with van der Waals surface area (Å²) in [5, 5.41) is 5.73. The number of hydrogen-bond donors (Lipinski definition) is 2. The van der Waals surface area contributed by atoms with E-state index in [0.717, 1.165) is 30.5 Å². The van der Waals surface area contributed by atoms with Crippen molar-refractivity contribution in [2.45, 2.75) is 45.3 Å². The molecule has 0 aliphatic heterocycles. The number of nitrogens with zero attached hydrogens (tertiary/aromatic N) is 1. The van der Waals surface area contributed by atoms with E-state index >= 15 is 0 Å². The fourth-order valence-corrected chi connectivity index (χ4v) is 2.60. The Morgan fingerprint density at radius 2 is 2.16 bits per heavy atom. The Balaban J connectivity index is 1.93. The second kappa shape index (κ2) is 6.02. The van der Waals surface area contributed by atoms with Gasteiger partial charge in [-0.05, 0) is 50.8 Å². The van der Waals surface area contributed by atoms with Crippen molar-refractivity contribution < 1.29 is 9.53 Å². The van der Waals surface area contributed by atoms with E-state index in [1.807, 2.05) is 26.0 Å². The monoisotopic (exact) mass is 263 g/mol. The number of rotatable bonds is 3. The third kappa shape index (κ3) is 3.67. The molecule has 1 saturated carbocycles. The van der Waals surface area contributed by atoms with Gasteiger partial charge in [-0.15, -0.1) is 0 Å². The van der Waals surface area contributed by atoms with E-state index in [1.165, 1.54) is 0 Å². The number of aryl methyl sites for hydroxylation is 2. The molecule has 5 nitrogen and oxygen atoms in total. The molecule has 1 aromatic heterocycles. The lowest BCUT2D eigenvalue weighted by molar-refractivity contribution is 0.0882. The summed E-state index contributed by atoms with van der Waals surface area (Å²) in [4.78, 5) is 16.2. The van der Waals surface area contributed by atoms with Gasteiger partial charge < -0.3 is 10.1 Å². The van der Waals surface area contributed by atoms with Gasteiger partial charge in [0.15, 0.2) is 0 Å². The van der Waals surface area contributed by atoms with E-state index in [2.05, 4.69) is 15.6 Å². The minimum Gasteiger partial charge on any atom is -0.379 e. The topological polar surface area (TPSA) is 63.2 Å². The van der Waals surface area contributed by atoms with Crippen LogP contribution in [-0.4, -0.2) is 30.3 Å². The van der Waals surface area contributed by atoms with Crippen molar-refractivity contribution in [1.29, 1.82) is 0 Å². The van der Waals surface area contributed by atoms with Crippen LogP contribution in [0.4, 0.5) is 10.6 Å². The molecule has 2 N–H and O–H groups in total. The quantitative estimate of drug-likeness (QED) is 0.880. The van der Waals surface area contributed by atoms with Crippen molar-refractivity contribution in [2.24, 2.45) is 0 Å². The van der Waals surface area contributed by atoms with Crippen molar-refractivity contribution in [3.63, 3.8) is 0 Å². The maximum absolute atomic E-state index is 11.9. The van der Waals surface area contributed by atoms with Gasteiger partial charge in [-0.1, -0.05) is 0 Å². The van der Waals surface area contributed by atoms with Crippen molar-refractivity contribution in [3.8, 4) is 0 Å². The Hall–Kier alpha value is -1.62. The summed E-state index contributed by atoms with van der Waals surface area (Å²) in [6.45, 7) is 3.89. The van der Waals surface area contributed by atoms with Gasteiger partial charge >= 0.3 is 6.03 Å². The molecule has 0 bridgehead atoms. The van der Waals surface area contributed by atoms with E-state index in [0.29, 0.717) is 5.82 Å². The third-order valence-corrected chi connectivity index (χ3v) is 3.41. The maximum atomic E-state index is 11.9. The van der Waals surface area contributed by atoms with E-state index in [4.69, 9.17) is 4.74 Å². The first-order valence-corrected chi connectivity index (χ1v) is 6.64. The van der Waals surface area contributed by atoms with Gasteiger partial charge in [0, 0.05) is 12.8 Å². The molecule has 1 heterocycles. The highest BCUT2D eigenvalue weighted by molar-refractivity contribution is 5.88. The zero-order chi connectivity index (χ0) is 13.8. The molecule has 0 unspecified atom stereocenters. The van der Waals surface area contributed by atoms with E-state index in [9.17, 15) is 4.79 Å². The lowest BCUT2D eigenvalue weighted by atomic mass is 10.2. The SMILES string of the molecule is CO[C@H]1CCC[C@H]1NC(=O)Nc1cc(C)cc(C)n1. The molecule has 2 amide bonds. The predicted molar refractivity (Wildman–Crippen MR) is 74.3 cm³/mol. The van der Waals surface area contributed by atoms with Gasteiger partial charge in [-0.2, -0.15) is 0 Å². The van der Waals surface area contributed by atoms with Gasteiger partial charge in [0.2, 0.25) is 0 Å². The Labute approximate surface area is 113 Å². The van der Waals surface area contributed by atoms with Crippen LogP contribution in [0.15, 0.2) is 12.1 Å². The average molecular weight is 263 g/mol. The number of amides is 2. The van der Waals surface area contributed by atoms with Gasteiger partial charge in [-0.3, -0.25) is 5.32 Å². The smallest absolute Gasteiger partial charge is 0.320 e. The summed E-state index contributed by atoms with van der Waals surface area (Å²) in [6, 6.07) is 3.71. The second-order valence-corrected chi connectivity index (χ2v) is 5.08. The van der Waals surface area contributed by atoms with E-state index in [1.54, 1.807) is 7.11 Å². The molecule has 0 radical (unpaired) electrons. The molecular formula is C14H21N3O2. The van der Waals surface area contributed by atoms with Gasteiger partial charge in [0.05, 0.1) is 12.1 Å². The van der Waals surface area contributed by atoms with Gasteiger partial charge in [0.1, 0.15) is 5.82 Å². The highest BCUT2D eigenvalue weighted by Gasteiger charge is 2.28. The summed E-state index contributed by atoms with van der Waals surface area (Å²) >= 11 is 0. The second-order valence-electron chi connectivity index (χ2n) is 5.08. The van der Waals surface area contributed by atoms with E-state index < -0.39 is 0 Å². The Kier molecular flexibility index (Phi) is 4.37. The summed E-state index contributed by atoms with van der Waals surface area (Å²) in [5.74, 6) is 0.585. The number of pyridine rings is 1. The highest BCUT2D eigenvalue weighted by Crippen LogP contribution is 2.21. The Morgan fingerprint density at radius 3 is 2.84 bits per heavy atom. The number of nitrogens with one attached hydrogen (secondary N) is 2. The molecule has 1 fully saturated rings. The minimum atomic E-state index is -0.216. The fourth-order valence-electron chi connectivity index (χ4n) is 2.60. The molecule has 1 aliphatic rings. The van der Waals surface area contributed by atoms with Gasteiger partial charge in [-0.25, -0.2) is 9.78 Å². The molecule has 1 aromatic rings. The van der Waals surface area contributed by atoms with Crippen LogP contribution in [0.5, 0.6) is 0 Å². The predicted octanol–water partition coefficient (Wildman–Crippen LogP) is 2.39. The number of anilines is 1. The minimum absolute atomic E-state index is 0.0934. The molecule has 104 valence electrons. The standard InChI is InChI=1S/C14H21N3O2/c1-9-7-10(2)15-13(8-9)17-14(18)16-11-5-4-6-12(11)19-3/h7-8,11-12H,4-6H2,1-3H3,(H2,15,16,17,18)/t11-,12+/m1/s1. The fraction of sp³-hybridized carbons (Fsp3) is 0.571. The number of methoxy groups -OCH3 is 1.